The molecule has 0 radical (unpaired) electrons. The number of carbonyl (C=O) groups excluding carboxylic acids is 2. The maximum atomic E-state index is 12.6. The number of rotatable bonds is 8. The summed E-state index contributed by atoms with van der Waals surface area (Å²) in [6.45, 7) is 2.29. The molecule has 160 valence electrons. The van der Waals surface area contributed by atoms with E-state index in [9.17, 15) is 9.59 Å². The predicted octanol–water partition coefficient (Wildman–Crippen LogP) is 3.92. The van der Waals surface area contributed by atoms with Crippen molar-refractivity contribution in [1.29, 1.82) is 0 Å². The first-order valence-electron chi connectivity index (χ1n) is 10.9. The molecule has 0 unspecified atom stereocenters. The van der Waals surface area contributed by atoms with Crippen LogP contribution in [0.4, 0.5) is 0 Å². The van der Waals surface area contributed by atoms with Gasteiger partial charge in [0.25, 0.3) is 5.91 Å². The van der Waals surface area contributed by atoms with Crippen molar-refractivity contribution in [2.45, 2.75) is 32.1 Å². The summed E-state index contributed by atoms with van der Waals surface area (Å²) in [7, 11) is 0. The van der Waals surface area contributed by atoms with Crippen molar-refractivity contribution in [2.24, 2.45) is 5.92 Å². The molecule has 0 atom stereocenters. The molecular formula is C26H29N3O2. The molecule has 1 aromatic carbocycles. The molecular weight excluding hydrogens is 386 g/mol. The number of hydrogen-bond acceptors (Lipinski definition) is 3. The number of unbranched alkanes of at least 4 members (excludes halogenated alkanes) is 1. The SMILES string of the molecule is C#Cc1ccc(C(=O)N2CCC(CCCCNC(=O)/C=C/c3cccnc3)CC2)cc1. The van der Waals surface area contributed by atoms with E-state index in [0.29, 0.717) is 18.0 Å². The summed E-state index contributed by atoms with van der Waals surface area (Å²) in [5.74, 6) is 3.23. The summed E-state index contributed by atoms with van der Waals surface area (Å²) in [6.07, 6.45) is 17.4. The molecule has 1 aliphatic rings. The number of terminal acetylenes is 1. The number of amides is 2. The third kappa shape index (κ3) is 7.11. The van der Waals surface area contributed by atoms with Crippen molar-refractivity contribution < 1.29 is 9.59 Å². The molecule has 1 fully saturated rings. The highest BCUT2D eigenvalue weighted by atomic mass is 16.2. The van der Waals surface area contributed by atoms with Gasteiger partial charge in [0.1, 0.15) is 0 Å². The lowest BCUT2D eigenvalue weighted by Crippen LogP contribution is -2.38. The molecule has 0 saturated carbocycles. The summed E-state index contributed by atoms with van der Waals surface area (Å²) < 4.78 is 0. The van der Waals surface area contributed by atoms with Crippen LogP contribution in [0.3, 0.4) is 0 Å². The average Bonchev–Trinajstić information content (AvgIpc) is 2.83. The highest BCUT2D eigenvalue weighted by Gasteiger charge is 2.23. The molecule has 2 heterocycles. The van der Waals surface area contributed by atoms with Gasteiger partial charge in [0.2, 0.25) is 5.91 Å². The summed E-state index contributed by atoms with van der Waals surface area (Å²) in [5, 5.41) is 2.93. The first-order chi connectivity index (χ1) is 15.2. The van der Waals surface area contributed by atoms with Crippen LogP contribution in [0.5, 0.6) is 0 Å². The van der Waals surface area contributed by atoms with E-state index in [-0.39, 0.29) is 11.8 Å². The molecule has 0 aliphatic carbocycles. The number of piperidine rings is 1. The smallest absolute Gasteiger partial charge is 0.253 e. The van der Waals surface area contributed by atoms with Crippen LogP contribution in [0.1, 0.15) is 53.6 Å². The van der Waals surface area contributed by atoms with Gasteiger partial charge in [0, 0.05) is 49.2 Å². The van der Waals surface area contributed by atoms with E-state index >= 15 is 0 Å². The predicted molar refractivity (Wildman–Crippen MR) is 123 cm³/mol. The van der Waals surface area contributed by atoms with Crippen LogP contribution >= 0.6 is 0 Å². The van der Waals surface area contributed by atoms with E-state index in [1.807, 2.05) is 41.3 Å². The van der Waals surface area contributed by atoms with E-state index in [0.717, 1.165) is 56.3 Å². The zero-order valence-electron chi connectivity index (χ0n) is 17.8. The van der Waals surface area contributed by atoms with Crippen LogP contribution in [-0.2, 0) is 4.79 Å². The van der Waals surface area contributed by atoms with Crippen molar-refractivity contribution in [1.82, 2.24) is 15.2 Å². The van der Waals surface area contributed by atoms with Gasteiger partial charge >= 0.3 is 0 Å². The Hall–Kier alpha value is -3.39. The summed E-state index contributed by atoms with van der Waals surface area (Å²) in [6, 6.07) is 11.0. The molecule has 1 N–H and O–H groups in total. The monoisotopic (exact) mass is 415 g/mol. The lowest BCUT2D eigenvalue weighted by molar-refractivity contribution is -0.116. The lowest BCUT2D eigenvalue weighted by atomic mass is 9.91. The molecule has 5 heteroatoms. The zero-order chi connectivity index (χ0) is 21.9. The van der Waals surface area contributed by atoms with Crippen molar-refractivity contribution in [3.8, 4) is 12.3 Å². The molecule has 1 aliphatic heterocycles. The van der Waals surface area contributed by atoms with Crippen LogP contribution in [0, 0.1) is 18.3 Å². The molecule has 2 aromatic rings. The Kier molecular flexibility index (Phi) is 8.42. The number of pyridine rings is 1. The third-order valence-electron chi connectivity index (χ3n) is 5.65. The minimum absolute atomic E-state index is 0.0778. The molecule has 5 nitrogen and oxygen atoms in total. The lowest BCUT2D eigenvalue weighted by Gasteiger charge is -2.32. The fourth-order valence-electron chi connectivity index (χ4n) is 3.79. The largest absolute Gasteiger partial charge is 0.353 e. The van der Waals surface area contributed by atoms with Crippen LogP contribution in [0.25, 0.3) is 6.08 Å². The minimum atomic E-state index is -0.0778. The van der Waals surface area contributed by atoms with Crippen molar-refractivity contribution in [2.75, 3.05) is 19.6 Å². The Morgan fingerprint density at radius 2 is 1.94 bits per heavy atom. The van der Waals surface area contributed by atoms with Gasteiger partial charge in [-0.3, -0.25) is 14.6 Å². The number of hydrogen-bond donors (Lipinski definition) is 1. The number of aromatic nitrogens is 1. The van der Waals surface area contributed by atoms with Gasteiger partial charge in [0.15, 0.2) is 0 Å². The fourth-order valence-corrected chi connectivity index (χ4v) is 3.79. The van der Waals surface area contributed by atoms with Crippen molar-refractivity contribution in [3.05, 3.63) is 71.6 Å². The van der Waals surface area contributed by atoms with Crippen molar-refractivity contribution in [3.63, 3.8) is 0 Å². The molecule has 1 aromatic heterocycles. The Morgan fingerprint density at radius 3 is 2.61 bits per heavy atom. The minimum Gasteiger partial charge on any atom is -0.353 e. The fraction of sp³-hybridized carbons (Fsp3) is 0.346. The molecule has 3 rings (SSSR count). The Bertz CT molecular complexity index is 921. The number of nitrogens with one attached hydrogen (secondary N) is 1. The summed E-state index contributed by atoms with van der Waals surface area (Å²) in [4.78, 5) is 30.5. The molecule has 0 bridgehead atoms. The molecule has 2 amide bonds. The van der Waals surface area contributed by atoms with E-state index in [2.05, 4.69) is 16.2 Å². The molecule has 0 spiro atoms. The number of carbonyl (C=O) groups is 2. The van der Waals surface area contributed by atoms with E-state index < -0.39 is 0 Å². The van der Waals surface area contributed by atoms with Crippen LogP contribution in [-0.4, -0.2) is 41.3 Å². The quantitative estimate of drug-likeness (QED) is 0.404. The van der Waals surface area contributed by atoms with Gasteiger partial charge in [-0.15, -0.1) is 6.42 Å². The second kappa shape index (κ2) is 11.7. The van der Waals surface area contributed by atoms with E-state index in [1.165, 1.54) is 0 Å². The number of nitrogens with zero attached hydrogens (tertiary/aromatic N) is 2. The Balaban J connectivity index is 1.29. The maximum absolute atomic E-state index is 12.6. The third-order valence-corrected chi connectivity index (χ3v) is 5.65. The average molecular weight is 416 g/mol. The zero-order valence-corrected chi connectivity index (χ0v) is 17.8. The Morgan fingerprint density at radius 1 is 1.16 bits per heavy atom. The van der Waals surface area contributed by atoms with E-state index in [1.54, 1.807) is 24.5 Å². The van der Waals surface area contributed by atoms with Gasteiger partial charge in [-0.2, -0.15) is 0 Å². The molecule has 31 heavy (non-hydrogen) atoms. The number of benzene rings is 1. The first kappa shape index (κ1) is 22.3. The van der Waals surface area contributed by atoms with Gasteiger partial charge in [0.05, 0.1) is 0 Å². The highest BCUT2D eigenvalue weighted by Crippen LogP contribution is 2.23. The summed E-state index contributed by atoms with van der Waals surface area (Å²) in [5.41, 5.74) is 2.40. The number of likely N-dealkylation sites (tertiary alicyclic amines) is 1. The second-order valence-corrected chi connectivity index (χ2v) is 7.86. The second-order valence-electron chi connectivity index (χ2n) is 7.86. The summed E-state index contributed by atoms with van der Waals surface area (Å²) >= 11 is 0. The van der Waals surface area contributed by atoms with Gasteiger partial charge in [-0.1, -0.05) is 24.8 Å². The first-order valence-corrected chi connectivity index (χ1v) is 10.9. The highest BCUT2D eigenvalue weighted by molar-refractivity contribution is 5.94. The van der Waals surface area contributed by atoms with Crippen molar-refractivity contribution >= 4 is 17.9 Å². The maximum Gasteiger partial charge on any atom is 0.253 e. The standard InChI is InChI=1S/C26H29N3O2/c1-2-21-8-11-24(12-9-21)26(31)29-18-14-22(15-19-29)6-3-4-17-28-25(30)13-10-23-7-5-16-27-20-23/h1,5,7-13,16,20,22H,3-4,6,14-15,17-19H2,(H,28,30)/b13-10+. The van der Waals surface area contributed by atoms with E-state index in [4.69, 9.17) is 6.42 Å². The Labute approximate surface area is 184 Å². The van der Waals surface area contributed by atoms with Crippen LogP contribution in [0.2, 0.25) is 0 Å². The van der Waals surface area contributed by atoms with Crippen LogP contribution < -0.4 is 5.32 Å². The topological polar surface area (TPSA) is 62.3 Å². The van der Waals surface area contributed by atoms with Gasteiger partial charge in [-0.25, -0.2) is 0 Å². The van der Waals surface area contributed by atoms with Crippen LogP contribution in [0.15, 0.2) is 54.9 Å². The normalized spacial score (nSPS) is 14.4. The molecule has 1 saturated heterocycles. The van der Waals surface area contributed by atoms with Gasteiger partial charge < -0.3 is 10.2 Å². The van der Waals surface area contributed by atoms with Gasteiger partial charge in [-0.05, 0) is 67.2 Å².